The van der Waals surface area contributed by atoms with Crippen LogP contribution in [-0.4, -0.2) is 64.0 Å². The summed E-state index contributed by atoms with van der Waals surface area (Å²) in [6.07, 6.45) is 0. The number of nitrogens with zero attached hydrogens (tertiary/aromatic N) is 6. The van der Waals surface area contributed by atoms with Crippen LogP contribution in [0.15, 0.2) is 41.3 Å². The fraction of sp³-hybridized carbons (Fsp3) is 0.409. The summed E-state index contributed by atoms with van der Waals surface area (Å²) in [4.78, 5) is 2.63. The Labute approximate surface area is 183 Å². The van der Waals surface area contributed by atoms with E-state index in [1.54, 1.807) is 8.99 Å². The number of aromatic nitrogens is 4. The predicted molar refractivity (Wildman–Crippen MR) is 119 cm³/mol. The number of rotatable bonds is 5. The zero-order valence-electron chi connectivity index (χ0n) is 18.4. The molecule has 0 aliphatic carbocycles. The Bertz CT molecular complexity index is 1160. The highest BCUT2D eigenvalue weighted by Gasteiger charge is 2.31. The zero-order chi connectivity index (χ0) is 22.2. The molecule has 1 aliphatic rings. The summed E-state index contributed by atoms with van der Waals surface area (Å²) in [7, 11) is -3.52. The van der Waals surface area contributed by atoms with Crippen molar-refractivity contribution in [1.29, 1.82) is 0 Å². The van der Waals surface area contributed by atoms with Crippen molar-refractivity contribution < 1.29 is 8.42 Å². The monoisotopic (exact) mass is 440 g/mol. The van der Waals surface area contributed by atoms with Crippen LogP contribution in [0, 0.1) is 27.7 Å². The Morgan fingerprint density at radius 2 is 1.48 bits per heavy atom. The van der Waals surface area contributed by atoms with Gasteiger partial charge in [0.1, 0.15) is 0 Å². The van der Waals surface area contributed by atoms with Crippen LogP contribution in [0.1, 0.15) is 28.1 Å². The highest BCUT2D eigenvalue weighted by molar-refractivity contribution is 7.89. The van der Waals surface area contributed by atoms with Gasteiger partial charge in [-0.05, 0) is 61.4 Å². The molecule has 1 fully saturated rings. The molecule has 164 valence electrons. The molecule has 1 aliphatic heterocycles. The first-order valence-electron chi connectivity index (χ1n) is 10.4. The van der Waals surface area contributed by atoms with Crippen molar-refractivity contribution in [3.05, 3.63) is 64.5 Å². The molecule has 1 saturated heterocycles. The number of aryl methyl sites for hydroxylation is 4. The third-order valence-corrected chi connectivity index (χ3v) is 7.92. The largest absolute Gasteiger partial charge is 0.293 e. The molecule has 9 heteroatoms. The van der Waals surface area contributed by atoms with Crippen LogP contribution >= 0.6 is 0 Å². The van der Waals surface area contributed by atoms with Crippen molar-refractivity contribution in [3.8, 4) is 5.69 Å². The summed E-state index contributed by atoms with van der Waals surface area (Å²) < 4.78 is 29.9. The Kier molecular flexibility index (Phi) is 5.92. The van der Waals surface area contributed by atoms with Gasteiger partial charge in [-0.2, -0.15) is 8.99 Å². The van der Waals surface area contributed by atoms with Crippen LogP contribution in [0.3, 0.4) is 0 Å². The van der Waals surface area contributed by atoms with E-state index in [1.165, 1.54) is 5.56 Å². The fourth-order valence-electron chi connectivity index (χ4n) is 4.22. The third-order valence-electron chi connectivity index (χ3n) is 5.71. The first-order chi connectivity index (χ1) is 14.8. The maximum Gasteiger partial charge on any atom is 0.243 e. The lowest BCUT2D eigenvalue weighted by atomic mass is 10.1. The van der Waals surface area contributed by atoms with E-state index in [1.807, 2.05) is 64.1 Å². The second-order valence-electron chi connectivity index (χ2n) is 8.25. The first-order valence-corrected chi connectivity index (χ1v) is 11.8. The van der Waals surface area contributed by atoms with E-state index in [4.69, 9.17) is 0 Å². The van der Waals surface area contributed by atoms with E-state index in [-0.39, 0.29) is 0 Å². The van der Waals surface area contributed by atoms with Crippen LogP contribution in [0.2, 0.25) is 0 Å². The lowest BCUT2D eigenvalue weighted by Gasteiger charge is -2.34. The van der Waals surface area contributed by atoms with E-state index >= 15 is 0 Å². The van der Waals surface area contributed by atoms with Gasteiger partial charge in [0.15, 0.2) is 5.82 Å². The molecule has 0 unspecified atom stereocenters. The molecule has 31 heavy (non-hydrogen) atoms. The summed E-state index contributed by atoms with van der Waals surface area (Å²) in [5.41, 5.74) is 4.77. The Morgan fingerprint density at radius 3 is 2.10 bits per heavy atom. The maximum absolute atomic E-state index is 13.3. The molecule has 0 spiro atoms. The molecule has 2 aromatic carbocycles. The number of tetrazole rings is 1. The van der Waals surface area contributed by atoms with Gasteiger partial charge in [0.2, 0.25) is 10.0 Å². The second kappa shape index (κ2) is 8.49. The molecule has 3 aromatic rings. The number of sulfonamides is 1. The summed E-state index contributed by atoms with van der Waals surface area (Å²) >= 11 is 0. The van der Waals surface area contributed by atoms with E-state index in [9.17, 15) is 8.42 Å². The minimum absolute atomic E-state index is 0.440. The highest BCUT2D eigenvalue weighted by atomic mass is 32.2. The molecule has 2 heterocycles. The summed E-state index contributed by atoms with van der Waals surface area (Å²) in [5.74, 6) is 0.741. The Hall–Kier alpha value is -2.62. The molecular formula is C22H28N6O2S. The van der Waals surface area contributed by atoms with Crippen molar-refractivity contribution in [1.82, 2.24) is 29.4 Å². The summed E-state index contributed by atoms with van der Waals surface area (Å²) in [6.45, 7) is 10.5. The quantitative estimate of drug-likeness (QED) is 0.606. The van der Waals surface area contributed by atoms with E-state index in [2.05, 4.69) is 20.4 Å². The highest BCUT2D eigenvalue weighted by Crippen LogP contribution is 2.26. The molecular weight excluding hydrogens is 412 g/mol. The number of hydrogen-bond donors (Lipinski definition) is 0. The van der Waals surface area contributed by atoms with Gasteiger partial charge in [-0.25, -0.2) is 8.42 Å². The molecule has 0 amide bonds. The maximum atomic E-state index is 13.3. The van der Waals surface area contributed by atoms with Crippen molar-refractivity contribution in [3.63, 3.8) is 0 Å². The molecule has 0 N–H and O–H groups in total. The van der Waals surface area contributed by atoms with Gasteiger partial charge in [0.05, 0.1) is 17.1 Å². The van der Waals surface area contributed by atoms with Crippen molar-refractivity contribution in [2.75, 3.05) is 26.2 Å². The molecule has 4 rings (SSSR count). The topological polar surface area (TPSA) is 84.2 Å². The SMILES string of the molecule is Cc1ccc(-n2nnnc2CN2CCN(S(=O)(=O)c3c(C)cc(C)cc3C)CC2)cc1. The van der Waals surface area contributed by atoms with Gasteiger partial charge < -0.3 is 0 Å². The minimum atomic E-state index is -3.52. The summed E-state index contributed by atoms with van der Waals surface area (Å²) in [5, 5.41) is 12.1. The second-order valence-corrected chi connectivity index (χ2v) is 10.1. The van der Waals surface area contributed by atoms with E-state index in [0.29, 0.717) is 37.6 Å². The molecule has 0 radical (unpaired) electrons. The number of benzene rings is 2. The van der Waals surface area contributed by atoms with Gasteiger partial charge in [-0.3, -0.25) is 4.90 Å². The van der Waals surface area contributed by atoms with Gasteiger partial charge in [0.25, 0.3) is 0 Å². The molecule has 0 saturated carbocycles. The van der Waals surface area contributed by atoms with Gasteiger partial charge in [-0.1, -0.05) is 35.4 Å². The smallest absolute Gasteiger partial charge is 0.243 e. The first kappa shape index (κ1) is 21.6. The van der Waals surface area contributed by atoms with Crippen molar-refractivity contribution in [2.24, 2.45) is 0 Å². The van der Waals surface area contributed by atoms with Crippen LogP contribution in [0.4, 0.5) is 0 Å². The predicted octanol–water partition coefficient (Wildman–Crippen LogP) is 2.40. The molecule has 1 aromatic heterocycles. The average molecular weight is 441 g/mol. The number of piperazine rings is 1. The lowest BCUT2D eigenvalue weighted by molar-refractivity contribution is 0.177. The van der Waals surface area contributed by atoms with E-state index in [0.717, 1.165) is 28.2 Å². The summed E-state index contributed by atoms with van der Waals surface area (Å²) in [6, 6.07) is 11.9. The van der Waals surface area contributed by atoms with Crippen molar-refractivity contribution in [2.45, 2.75) is 39.1 Å². The van der Waals surface area contributed by atoms with Gasteiger partial charge >= 0.3 is 0 Å². The lowest BCUT2D eigenvalue weighted by Crippen LogP contribution is -2.48. The average Bonchev–Trinajstić information content (AvgIpc) is 3.16. The van der Waals surface area contributed by atoms with Crippen molar-refractivity contribution >= 4 is 10.0 Å². The Morgan fingerprint density at radius 1 is 0.871 bits per heavy atom. The van der Waals surface area contributed by atoms with Gasteiger partial charge in [-0.15, -0.1) is 5.10 Å². The van der Waals surface area contributed by atoms with Crippen LogP contribution in [-0.2, 0) is 16.6 Å². The minimum Gasteiger partial charge on any atom is -0.293 e. The number of hydrogen-bond acceptors (Lipinski definition) is 6. The standard InChI is InChI=1S/C22H28N6O2S/c1-16-5-7-20(8-6-16)28-21(23-24-25-28)15-26-9-11-27(12-10-26)31(29,30)22-18(3)13-17(2)14-19(22)4/h5-8,13-14H,9-12,15H2,1-4H3. The van der Waals surface area contributed by atoms with E-state index < -0.39 is 10.0 Å². The fourth-order valence-corrected chi connectivity index (χ4v) is 6.06. The Balaban J connectivity index is 1.46. The van der Waals surface area contributed by atoms with Gasteiger partial charge in [0, 0.05) is 26.2 Å². The third kappa shape index (κ3) is 4.39. The zero-order valence-corrected chi connectivity index (χ0v) is 19.2. The molecule has 0 bridgehead atoms. The normalized spacial score (nSPS) is 16.0. The molecule has 0 atom stereocenters. The van der Waals surface area contributed by atoms with Crippen LogP contribution < -0.4 is 0 Å². The van der Waals surface area contributed by atoms with Crippen LogP contribution in [0.5, 0.6) is 0 Å². The van der Waals surface area contributed by atoms with Crippen LogP contribution in [0.25, 0.3) is 5.69 Å². The molecule has 8 nitrogen and oxygen atoms in total.